The van der Waals surface area contributed by atoms with Crippen LogP contribution in [0.2, 0.25) is 0 Å². The van der Waals surface area contributed by atoms with Gasteiger partial charge in [0.1, 0.15) is 0 Å². The van der Waals surface area contributed by atoms with Gasteiger partial charge in [-0.25, -0.2) is 0 Å². The van der Waals surface area contributed by atoms with E-state index in [9.17, 15) is 0 Å². The molecule has 0 unspecified atom stereocenters. The van der Waals surface area contributed by atoms with Crippen LogP contribution in [0.3, 0.4) is 0 Å². The monoisotopic (exact) mass is 665 g/mol. The molecule has 0 spiro atoms. The highest BCUT2D eigenvalue weighted by atomic mass is 15.1. The van der Waals surface area contributed by atoms with Crippen LogP contribution in [-0.4, -0.2) is 0 Å². The summed E-state index contributed by atoms with van der Waals surface area (Å²) in [5, 5.41) is 2.53. The summed E-state index contributed by atoms with van der Waals surface area (Å²) in [4.78, 5) is 2.35. The van der Waals surface area contributed by atoms with E-state index in [1.165, 1.54) is 66.4 Å². The predicted octanol–water partition coefficient (Wildman–Crippen LogP) is 14.1. The number of hydrogen-bond donors (Lipinski definition) is 0. The fourth-order valence-electron chi connectivity index (χ4n) is 8.06. The number of nitrogens with zero attached hydrogens (tertiary/aromatic N) is 1. The summed E-state index contributed by atoms with van der Waals surface area (Å²) < 4.78 is 0. The highest BCUT2D eigenvalue weighted by Crippen LogP contribution is 2.51. The SMILES string of the molecule is CC1(C)c2cc(C=Cc3ccc(-c4ccccc4)c4c(-c5ccccc5)cccc34)ccc2-c2ccc(N(c3ccccc3)c3ccccc3)cc21. The van der Waals surface area contributed by atoms with Crippen LogP contribution in [-0.2, 0) is 5.41 Å². The lowest BCUT2D eigenvalue weighted by atomic mass is 9.81. The summed E-state index contributed by atoms with van der Waals surface area (Å²) in [6, 6.07) is 68.0. The van der Waals surface area contributed by atoms with Gasteiger partial charge >= 0.3 is 0 Å². The zero-order valence-electron chi connectivity index (χ0n) is 29.5. The lowest BCUT2D eigenvalue weighted by molar-refractivity contribution is 0.660. The third-order valence-electron chi connectivity index (χ3n) is 10.7. The molecule has 0 saturated carbocycles. The first-order valence-corrected chi connectivity index (χ1v) is 18.1. The van der Waals surface area contributed by atoms with E-state index in [-0.39, 0.29) is 5.41 Å². The van der Waals surface area contributed by atoms with Crippen LogP contribution in [0.25, 0.3) is 56.3 Å². The number of benzene rings is 8. The third-order valence-corrected chi connectivity index (χ3v) is 10.7. The van der Waals surface area contributed by atoms with Crippen molar-refractivity contribution in [2.45, 2.75) is 19.3 Å². The van der Waals surface area contributed by atoms with Gasteiger partial charge in [-0.05, 0) is 103 Å². The minimum absolute atomic E-state index is 0.155. The van der Waals surface area contributed by atoms with Gasteiger partial charge in [0.05, 0.1) is 0 Å². The fourth-order valence-corrected chi connectivity index (χ4v) is 8.06. The molecular weight excluding hydrogens is 627 g/mol. The molecule has 0 amide bonds. The molecule has 1 heteroatoms. The van der Waals surface area contributed by atoms with Crippen molar-refractivity contribution in [3.05, 3.63) is 210 Å². The average Bonchev–Trinajstić information content (AvgIpc) is 3.43. The van der Waals surface area contributed by atoms with Gasteiger partial charge in [0.2, 0.25) is 0 Å². The van der Waals surface area contributed by atoms with E-state index >= 15 is 0 Å². The Morgan fingerprint density at radius 1 is 0.404 bits per heavy atom. The summed E-state index contributed by atoms with van der Waals surface area (Å²) in [5.74, 6) is 0. The van der Waals surface area contributed by atoms with Gasteiger partial charge < -0.3 is 4.90 Å². The van der Waals surface area contributed by atoms with E-state index in [1.807, 2.05) is 0 Å². The second-order valence-electron chi connectivity index (χ2n) is 14.2. The molecule has 0 saturated heterocycles. The first-order chi connectivity index (χ1) is 25.6. The topological polar surface area (TPSA) is 3.24 Å². The van der Waals surface area contributed by atoms with Crippen LogP contribution < -0.4 is 4.90 Å². The van der Waals surface area contributed by atoms with Crippen molar-refractivity contribution >= 4 is 40.0 Å². The summed E-state index contributed by atoms with van der Waals surface area (Å²) in [6.45, 7) is 4.73. The van der Waals surface area contributed by atoms with Crippen LogP contribution in [0.1, 0.15) is 36.1 Å². The number of rotatable bonds is 7. The van der Waals surface area contributed by atoms with Gasteiger partial charge in [-0.1, -0.05) is 178 Å². The molecule has 0 radical (unpaired) electrons. The van der Waals surface area contributed by atoms with Crippen LogP contribution in [0.5, 0.6) is 0 Å². The molecule has 8 aromatic rings. The Balaban J connectivity index is 1.10. The van der Waals surface area contributed by atoms with Crippen molar-refractivity contribution in [3.8, 4) is 33.4 Å². The van der Waals surface area contributed by atoms with Gasteiger partial charge in [0.25, 0.3) is 0 Å². The van der Waals surface area contributed by atoms with Crippen LogP contribution in [0, 0.1) is 0 Å². The largest absolute Gasteiger partial charge is 0.310 e. The van der Waals surface area contributed by atoms with Crippen molar-refractivity contribution in [2.24, 2.45) is 0 Å². The molecule has 0 heterocycles. The highest BCUT2D eigenvalue weighted by molar-refractivity contribution is 6.10. The van der Waals surface area contributed by atoms with E-state index in [2.05, 4.69) is 219 Å². The highest BCUT2D eigenvalue weighted by Gasteiger charge is 2.36. The average molecular weight is 666 g/mol. The van der Waals surface area contributed by atoms with E-state index in [1.54, 1.807) is 0 Å². The molecule has 9 rings (SSSR count). The van der Waals surface area contributed by atoms with Crippen molar-refractivity contribution < 1.29 is 0 Å². The maximum atomic E-state index is 2.40. The molecule has 248 valence electrons. The maximum Gasteiger partial charge on any atom is 0.0465 e. The maximum absolute atomic E-state index is 2.40. The smallest absolute Gasteiger partial charge is 0.0465 e. The molecule has 1 aliphatic carbocycles. The zero-order valence-corrected chi connectivity index (χ0v) is 29.5. The van der Waals surface area contributed by atoms with E-state index in [4.69, 9.17) is 0 Å². The van der Waals surface area contributed by atoms with Crippen LogP contribution in [0.15, 0.2) is 188 Å². The van der Waals surface area contributed by atoms with Gasteiger partial charge in [-0.15, -0.1) is 0 Å². The molecule has 1 nitrogen and oxygen atoms in total. The van der Waals surface area contributed by atoms with Crippen molar-refractivity contribution in [1.29, 1.82) is 0 Å². The van der Waals surface area contributed by atoms with Crippen molar-refractivity contribution in [3.63, 3.8) is 0 Å². The Kier molecular flexibility index (Phi) is 7.90. The standard InChI is InChI=1S/C51H39N/c1-51(2)48-34-36(27-31-46(48)47-33-30-42(35-49(47)51)52(40-20-11-5-12-21-40)41-22-13-6-14-23-41)26-28-39-29-32-45(38-18-9-4-10-19-38)50-43(24-15-25-44(39)50)37-16-7-3-8-17-37/h3-35H,1-2H3. The Morgan fingerprint density at radius 2 is 0.923 bits per heavy atom. The summed E-state index contributed by atoms with van der Waals surface area (Å²) >= 11 is 0. The molecule has 0 bridgehead atoms. The van der Waals surface area contributed by atoms with Gasteiger partial charge in [0, 0.05) is 22.5 Å². The second kappa shape index (κ2) is 13.0. The van der Waals surface area contributed by atoms with Crippen LogP contribution in [0.4, 0.5) is 17.1 Å². The molecule has 8 aromatic carbocycles. The Hall–Kier alpha value is -6.44. The van der Waals surface area contributed by atoms with E-state index < -0.39 is 0 Å². The minimum Gasteiger partial charge on any atom is -0.310 e. The number of hydrogen-bond acceptors (Lipinski definition) is 1. The first-order valence-electron chi connectivity index (χ1n) is 18.1. The number of anilines is 3. The quantitative estimate of drug-likeness (QED) is 0.153. The first kappa shape index (κ1) is 31.5. The van der Waals surface area contributed by atoms with Gasteiger partial charge in [0.15, 0.2) is 0 Å². The molecule has 52 heavy (non-hydrogen) atoms. The Bertz CT molecular complexity index is 2480. The van der Waals surface area contributed by atoms with Crippen LogP contribution >= 0.6 is 0 Å². The predicted molar refractivity (Wildman–Crippen MR) is 222 cm³/mol. The lowest BCUT2D eigenvalue weighted by Crippen LogP contribution is -2.16. The van der Waals surface area contributed by atoms with Crippen molar-refractivity contribution in [1.82, 2.24) is 0 Å². The molecule has 0 fully saturated rings. The van der Waals surface area contributed by atoms with E-state index in [0.29, 0.717) is 0 Å². The Labute approximate surface area is 306 Å². The molecule has 0 atom stereocenters. The van der Waals surface area contributed by atoms with E-state index in [0.717, 1.165) is 17.1 Å². The normalized spacial score (nSPS) is 12.9. The van der Waals surface area contributed by atoms with Gasteiger partial charge in [-0.3, -0.25) is 0 Å². The van der Waals surface area contributed by atoms with Gasteiger partial charge in [-0.2, -0.15) is 0 Å². The molecule has 0 aromatic heterocycles. The fraction of sp³-hybridized carbons (Fsp3) is 0.0588. The molecule has 0 aliphatic heterocycles. The summed E-state index contributed by atoms with van der Waals surface area (Å²) in [7, 11) is 0. The molecular formula is C51H39N. The number of para-hydroxylation sites is 2. The minimum atomic E-state index is -0.155. The molecule has 1 aliphatic rings. The van der Waals surface area contributed by atoms with Crippen molar-refractivity contribution in [2.75, 3.05) is 4.90 Å². The summed E-state index contributed by atoms with van der Waals surface area (Å²) in [6.07, 6.45) is 4.57. The lowest BCUT2D eigenvalue weighted by Gasteiger charge is -2.28. The summed E-state index contributed by atoms with van der Waals surface area (Å²) in [5.41, 5.74) is 16.0. The number of fused-ring (bicyclic) bond motifs is 4. The second-order valence-corrected chi connectivity index (χ2v) is 14.2. The molecule has 0 N–H and O–H groups in total. The third kappa shape index (κ3) is 5.52. The zero-order chi connectivity index (χ0) is 35.1. The Morgan fingerprint density at radius 3 is 1.54 bits per heavy atom.